The number of rotatable bonds is 25. The third kappa shape index (κ3) is 26.9. The predicted octanol–water partition coefficient (Wildman–Crippen LogP) is 8.76. The molecule has 0 rings (SSSR count). The first-order valence-corrected chi connectivity index (χ1v) is 13.5. The molecule has 0 aliphatic heterocycles. The van der Waals surface area contributed by atoms with Gasteiger partial charge in [-0.1, -0.05) is 129 Å². The molecule has 4 heteroatoms. The summed E-state index contributed by atoms with van der Waals surface area (Å²) >= 11 is 0. The molecule has 0 aromatic carbocycles. The Kier molecular flexibility index (Phi) is 22.8. The van der Waals surface area contributed by atoms with Crippen molar-refractivity contribution in [2.45, 2.75) is 155 Å². The standard InChI is InChI=1S/C27H52O4/c1-25(22-18-14-10-6-4-8-12-16-20-24-27(30)31)21-17-13-9-5-2-3-7-11-15-19-23-26(28)29/h25H,2-24H2,1H3,(H,28,29)(H,30,31). The van der Waals surface area contributed by atoms with Crippen molar-refractivity contribution in [3.05, 3.63) is 0 Å². The van der Waals surface area contributed by atoms with Crippen molar-refractivity contribution in [2.24, 2.45) is 5.92 Å². The molecule has 0 saturated carbocycles. The van der Waals surface area contributed by atoms with Crippen molar-refractivity contribution in [1.82, 2.24) is 0 Å². The van der Waals surface area contributed by atoms with Gasteiger partial charge in [0.05, 0.1) is 0 Å². The van der Waals surface area contributed by atoms with Gasteiger partial charge in [0.2, 0.25) is 0 Å². The molecule has 4 nitrogen and oxygen atoms in total. The van der Waals surface area contributed by atoms with Gasteiger partial charge < -0.3 is 10.2 Å². The highest BCUT2D eigenvalue weighted by Gasteiger charge is 2.03. The average molecular weight is 441 g/mol. The lowest BCUT2D eigenvalue weighted by atomic mass is 9.95. The minimum Gasteiger partial charge on any atom is -0.481 e. The summed E-state index contributed by atoms with van der Waals surface area (Å²) in [6.07, 6.45) is 27.1. The fraction of sp³-hybridized carbons (Fsp3) is 0.926. The first-order valence-electron chi connectivity index (χ1n) is 13.5. The van der Waals surface area contributed by atoms with E-state index in [0.717, 1.165) is 31.6 Å². The Balaban J connectivity index is 3.17. The highest BCUT2D eigenvalue weighted by molar-refractivity contribution is 5.66. The van der Waals surface area contributed by atoms with E-state index in [0.29, 0.717) is 12.8 Å². The van der Waals surface area contributed by atoms with Crippen LogP contribution in [0.4, 0.5) is 0 Å². The molecule has 0 aliphatic carbocycles. The van der Waals surface area contributed by atoms with E-state index < -0.39 is 11.9 Å². The molecule has 0 aromatic heterocycles. The summed E-state index contributed by atoms with van der Waals surface area (Å²) in [6.45, 7) is 2.42. The second-order valence-corrected chi connectivity index (χ2v) is 9.69. The molecule has 0 spiro atoms. The van der Waals surface area contributed by atoms with Crippen LogP contribution in [-0.4, -0.2) is 22.2 Å². The number of hydrogen-bond acceptors (Lipinski definition) is 2. The molecular weight excluding hydrogens is 388 g/mol. The minimum absolute atomic E-state index is 0.330. The van der Waals surface area contributed by atoms with E-state index in [9.17, 15) is 9.59 Å². The van der Waals surface area contributed by atoms with E-state index in [2.05, 4.69) is 6.92 Å². The molecule has 1 atom stereocenters. The smallest absolute Gasteiger partial charge is 0.303 e. The summed E-state index contributed by atoms with van der Waals surface area (Å²) in [5.41, 5.74) is 0. The lowest BCUT2D eigenvalue weighted by Crippen LogP contribution is -1.95. The second kappa shape index (κ2) is 23.6. The molecule has 0 aromatic rings. The van der Waals surface area contributed by atoms with Gasteiger partial charge in [-0.15, -0.1) is 0 Å². The van der Waals surface area contributed by atoms with Crippen molar-refractivity contribution in [3.8, 4) is 0 Å². The third-order valence-electron chi connectivity index (χ3n) is 6.43. The van der Waals surface area contributed by atoms with Crippen LogP contribution in [-0.2, 0) is 9.59 Å². The quantitative estimate of drug-likeness (QED) is 0.139. The Morgan fingerprint density at radius 2 is 0.677 bits per heavy atom. The highest BCUT2D eigenvalue weighted by atomic mass is 16.4. The Morgan fingerprint density at radius 3 is 0.935 bits per heavy atom. The van der Waals surface area contributed by atoms with Gasteiger partial charge in [-0.25, -0.2) is 0 Å². The summed E-state index contributed by atoms with van der Waals surface area (Å²) in [5.74, 6) is -0.451. The number of unbranched alkanes of at least 4 members (excludes halogenated alkanes) is 17. The zero-order chi connectivity index (χ0) is 23.0. The maximum Gasteiger partial charge on any atom is 0.303 e. The zero-order valence-electron chi connectivity index (χ0n) is 20.6. The van der Waals surface area contributed by atoms with Crippen molar-refractivity contribution in [1.29, 1.82) is 0 Å². The van der Waals surface area contributed by atoms with E-state index in [4.69, 9.17) is 10.2 Å². The summed E-state index contributed by atoms with van der Waals surface area (Å²) in [6, 6.07) is 0. The summed E-state index contributed by atoms with van der Waals surface area (Å²) in [5, 5.41) is 17.2. The summed E-state index contributed by atoms with van der Waals surface area (Å²) < 4.78 is 0. The molecular formula is C27H52O4. The maximum atomic E-state index is 10.4. The molecule has 31 heavy (non-hydrogen) atoms. The lowest BCUT2D eigenvalue weighted by Gasteiger charge is -2.11. The molecule has 0 bridgehead atoms. The van der Waals surface area contributed by atoms with Gasteiger partial charge in [0, 0.05) is 12.8 Å². The van der Waals surface area contributed by atoms with Crippen molar-refractivity contribution >= 4 is 11.9 Å². The summed E-state index contributed by atoms with van der Waals surface area (Å²) in [4.78, 5) is 20.9. The number of aliphatic carboxylic acids is 2. The normalized spacial score (nSPS) is 12.2. The third-order valence-corrected chi connectivity index (χ3v) is 6.43. The van der Waals surface area contributed by atoms with Crippen LogP contribution >= 0.6 is 0 Å². The molecule has 0 saturated heterocycles. The lowest BCUT2D eigenvalue weighted by molar-refractivity contribution is -0.138. The first kappa shape index (κ1) is 29.9. The molecule has 0 amide bonds. The largest absolute Gasteiger partial charge is 0.481 e. The van der Waals surface area contributed by atoms with Gasteiger partial charge >= 0.3 is 11.9 Å². The Morgan fingerprint density at radius 1 is 0.452 bits per heavy atom. The van der Waals surface area contributed by atoms with Crippen molar-refractivity contribution < 1.29 is 19.8 Å². The molecule has 0 aliphatic rings. The second-order valence-electron chi connectivity index (χ2n) is 9.69. The number of carboxylic acid groups (broad SMARTS) is 2. The fourth-order valence-corrected chi connectivity index (χ4v) is 4.33. The van der Waals surface area contributed by atoms with Crippen LogP contribution in [0, 0.1) is 5.92 Å². The van der Waals surface area contributed by atoms with Crippen LogP contribution in [0.25, 0.3) is 0 Å². The van der Waals surface area contributed by atoms with Gasteiger partial charge in [0.25, 0.3) is 0 Å². The fourth-order valence-electron chi connectivity index (χ4n) is 4.33. The molecule has 0 fully saturated rings. The average Bonchev–Trinajstić information content (AvgIpc) is 2.72. The van der Waals surface area contributed by atoms with Gasteiger partial charge in [-0.05, 0) is 18.8 Å². The molecule has 0 heterocycles. The van der Waals surface area contributed by atoms with Crippen LogP contribution in [0.15, 0.2) is 0 Å². The van der Waals surface area contributed by atoms with Gasteiger partial charge in [0.15, 0.2) is 0 Å². The van der Waals surface area contributed by atoms with Crippen LogP contribution in [0.5, 0.6) is 0 Å². The highest BCUT2D eigenvalue weighted by Crippen LogP contribution is 2.19. The molecule has 0 radical (unpaired) electrons. The number of carboxylic acids is 2. The monoisotopic (exact) mass is 440 g/mol. The van der Waals surface area contributed by atoms with Gasteiger partial charge in [-0.3, -0.25) is 9.59 Å². The van der Waals surface area contributed by atoms with E-state index in [1.807, 2.05) is 0 Å². The van der Waals surface area contributed by atoms with E-state index in [1.165, 1.54) is 109 Å². The van der Waals surface area contributed by atoms with Gasteiger partial charge in [-0.2, -0.15) is 0 Å². The first-order chi connectivity index (χ1) is 15.0. The van der Waals surface area contributed by atoms with Crippen molar-refractivity contribution in [3.63, 3.8) is 0 Å². The predicted molar refractivity (Wildman–Crippen MR) is 131 cm³/mol. The molecule has 1 unspecified atom stereocenters. The maximum absolute atomic E-state index is 10.4. The number of carbonyl (C=O) groups is 2. The topological polar surface area (TPSA) is 74.6 Å². The van der Waals surface area contributed by atoms with E-state index in [1.54, 1.807) is 0 Å². The van der Waals surface area contributed by atoms with Crippen LogP contribution in [0.1, 0.15) is 155 Å². The van der Waals surface area contributed by atoms with Crippen LogP contribution in [0.3, 0.4) is 0 Å². The summed E-state index contributed by atoms with van der Waals surface area (Å²) in [7, 11) is 0. The Bertz CT molecular complexity index is 408. The van der Waals surface area contributed by atoms with Crippen molar-refractivity contribution in [2.75, 3.05) is 0 Å². The number of hydrogen-bond donors (Lipinski definition) is 2. The Labute approximate surface area is 192 Å². The van der Waals surface area contributed by atoms with E-state index in [-0.39, 0.29) is 0 Å². The van der Waals surface area contributed by atoms with Crippen LogP contribution in [0.2, 0.25) is 0 Å². The van der Waals surface area contributed by atoms with E-state index >= 15 is 0 Å². The van der Waals surface area contributed by atoms with Gasteiger partial charge in [0.1, 0.15) is 0 Å². The zero-order valence-corrected chi connectivity index (χ0v) is 20.6. The van der Waals surface area contributed by atoms with Crippen LogP contribution < -0.4 is 0 Å². The Hall–Kier alpha value is -1.06. The SMILES string of the molecule is CC(CCCCCCCCCCCCC(=O)O)CCCCCCCCCCCC(=O)O. The molecule has 184 valence electrons. The molecule has 2 N–H and O–H groups in total. The minimum atomic E-state index is -0.663.